The largest absolute Gasteiger partial charge is 0.378 e. The number of anilines is 2. The highest BCUT2D eigenvalue weighted by molar-refractivity contribution is 5.85. The van der Waals surface area contributed by atoms with Gasteiger partial charge in [-0.2, -0.15) is 0 Å². The van der Waals surface area contributed by atoms with Gasteiger partial charge in [0.2, 0.25) is 0 Å². The Kier molecular flexibility index (Phi) is 7.82. The first-order valence-electron chi connectivity index (χ1n) is 17.4. The Morgan fingerprint density at radius 3 is 1.77 bits per heavy atom. The molecule has 4 aliphatic rings. The van der Waals surface area contributed by atoms with Crippen molar-refractivity contribution >= 4 is 11.4 Å². The molecule has 8 rings (SSSR count). The summed E-state index contributed by atoms with van der Waals surface area (Å²) in [5, 5.41) is 0. The van der Waals surface area contributed by atoms with Gasteiger partial charge in [-0.25, -0.2) is 0 Å². The number of aryl methyl sites for hydroxylation is 3. The summed E-state index contributed by atoms with van der Waals surface area (Å²) in [6.45, 7) is 15.8. The Labute approximate surface area is 280 Å². The van der Waals surface area contributed by atoms with Crippen molar-refractivity contribution in [3.8, 4) is 11.1 Å². The zero-order valence-electron chi connectivity index (χ0n) is 28.4. The lowest BCUT2D eigenvalue weighted by atomic mass is 9.60. The molecule has 4 aromatic rings. The number of hydrogen-bond acceptors (Lipinski definition) is 4. The average Bonchev–Trinajstić information content (AvgIpc) is 3.77. The number of ether oxygens (including phenoxy) is 2. The molecule has 0 spiro atoms. The number of para-hydroxylation sites is 2. The fourth-order valence-electron chi connectivity index (χ4n) is 8.75. The number of benzene rings is 4. The van der Waals surface area contributed by atoms with Crippen molar-refractivity contribution in [1.29, 1.82) is 0 Å². The topological polar surface area (TPSA) is 24.9 Å². The molecule has 0 bridgehead atoms. The summed E-state index contributed by atoms with van der Waals surface area (Å²) in [6.07, 6.45) is 8.93. The summed E-state index contributed by atoms with van der Waals surface area (Å²) >= 11 is 0. The van der Waals surface area contributed by atoms with Gasteiger partial charge in [0, 0.05) is 37.6 Å². The van der Waals surface area contributed by atoms with E-state index in [1.54, 1.807) is 0 Å². The van der Waals surface area contributed by atoms with Crippen LogP contribution < -0.4 is 9.80 Å². The predicted octanol–water partition coefficient (Wildman–Crippen LogP) is 8.39. The van der Waals surface area contributed by atoms with Crippen LogP contribution in [0.1, 0.15) is 56.5 Å². The monoisotopic (exact) mass is 622 g/mol. The fourth-order valence-corrected chi connectivity index (χ4v) is 8.75. The molecule has 2 heterocycles. The predicted molar refractivity (Wildman–Crippen MR) is 194 cm³/mol. The standard InChI is InChI=1S/C43H46N2O2/c1-29-25-33-28-37-36(35(33)26-30(29)2)27-31(3)32(4)42(37)43(34-11-5-6-12-34,38-13-7-9-15-40(38)44-17-21-46-22-18-44)39-14-8-10-16-41(39)45-19-23-47-24-20-45/h5-11,13-16,25-27H,12,17-24,28H2,1-4H3. The quantitative estimate of drug-likeness (QED) is 0.178. The van der Waals surface area contributed by atoms with Crippen LogP contribution in [0.2, 0.25) is 0 Å². The maximum absolute atomic E-state index is 5.88. The van der Waals surface area contributed by atoms with Gasteiger partial charge in [-0.15, -0.1) is 0 Å². The second kappa shape index (κ2) is 12.2. The minimum absolute atomic E-state index is 0.514. The van der Waals surface area contributed by atoms with E-state index in [1.807, 2.05) is 0 Å². The molecule has 0 aromatic heterocycles. The van der Waals surface area contributed by atoms with Crippen LogP contribution in [-0.4, -0.2) is 52.6 Å². The summed E-state index contributed by atoms with van der Waals surface area (Å²) < 4.78 is 11.8. The zero-order valence-corrected chi connectivity index (χ0v) is 28.4. The number of nitrogens with zero attached hydrogens (tertiary/aromatic N) is 2. The highest BCUT2D eigenvalue weighted by atomic mass is 16.5. The van der Waals surface area contributed by atoms with Crippen LogP contribution in [0.15, 0.2) is 90.5 Å². The molecule has 0 saturated carbocycles. The molecule has 2 saturated heterocycles. The number of rotatable bonds is 6. The fraction of sp³-hybridized carbons (Fsp3) is 0.349. The van der Waals surface area contributed by atoms with Gasteiger partial charge in [-0.05, 0) is 119 Å². The molecule has 2 fully saturated rings. The van der Waals surface area contributed by atoms with Crippen molar-refractivity contribution in [3.63, 3.8) is 0 Å². The molecule has 0 unspecified atom stereocenters. The van der Waals surface area contributed by atoms with Crippen LogP contribution in [0.4, 0.5) is 11.4 Å². The lowest BCUT2D eigenvalue weighted by Gasteiger charge is -2.45. The van der Waals surface area contributed by atoms with E-state index in [1.165, 1.54) is 78.1 Å². The van der Waals surface area contributed by atoms with Crippen LogP contribution in [0.5, 0.6) is 0 Å². The lowest BCUT2D eigenvalue weighted by molar-refractivity contribution is 0.122. The van der Waals surface area contributed by atoms with Crippen molar-refractivity contribution in [2.24, 2.45) is 0 Å². The molecule has 0 amide bonds. The first-order chi connectivity index (χ1) is 23.0. The highest BCUT2D eigenvalue weighted by Crippen LogP contribution is 2.57. The number of hydrogen-bond donors (Lipinski definition) is 0. The van der Waals surface area contributed by atoms with Crippen molar-refractivity contribution in [1.82, 2.24) is 0 Å². The van der Waals surface area contributed by atoms with E-state index in [9.17, 15) is 0 Å². The van der Waals surface area contributed by atoms with E-state index in [0.717, 1.165) is 65.4 Å². The molecule has 0 atom stereocenters. The van der Waals surface area contributed by atoms with Crippen molar-refractivity contribution in [3.05, 3.63) is 141 Å². The summed E-state index contributed by atoms with van der Waals surface area (Å²) in [4.78, 5) is 5.14. The van der Waals surface area contributed by atoms with Crippen molar-refractivity contribution in [2.45, 2.75) is 46.0 Å². The Bertz CT molecular complexity index is 1840. The summed E-state index contributed by atoms with van der Waals surface area (Å²) in [5.41, 5.74) is 19.0. The average molecular weight is 623 g/mol. The molecule has 0 N–H and O–H groups in total. The number of allylic oxidation sites excluding steroid dienone is 4. The Hall–Kier alpha value is -4.12. The van der Waals surface area contributed by atoms with E-state index >= 15 is 0 Å². The normalized spacial score (nSPS) is 17.6. The second-order valence-corrected chi connectivity index (χ2v) is 13.8. The molecular formula is C43H46N2O2. The molecule has 2 aliphatic heterocycles. The van der Waals surface area contributed by atoms with E-state index in [2.05, 4.69) is 122 Å². The smallest absolute Gasteiger partial charge is 0.0713 e. The molecule has 4 aromatic carbocycles. The lowest BCUT2D eigenvalue weighted by Crippen LogP contribution is -2.42. The third-order valence-corrected chi connectivity index (χ3v) is 11.3. The van der Waals surface area contributed by atoms with Gasteiger partial charge in [0.05, 0.1) is 31.8 Å². The van der Waals surface area contributed by atoms with Gasteiger partial charge in [-0.3, -0.25) is 0 Å². The SMILES string of the molecule is Cc1cc2c(cc1C)-c1cc(C)c(C)c(C(C3=CC=CC3)(c3ccccc3N3CCOCC3)c3ccccc3N3CCOCC3)c1C2. The van der Waals surface area contributed by atoms with E-state index in [-0.39, 0.29) is 0 Å². The minimum Gasteiger partial charge on any atom is -0.378 e. The third kappa shape index (κ3) is 4.88. The molecule has 2 aliphatic carbocycles. The van der Waals surface area contributed by atoms with Crippen LogP contribution in [0.25, 0.3) is 11.1 Å². The van der Waals surface area contributed by atoms with Gasteiger partial charge < -0.3 is 19.3 Å². The van der Waals surface area contributed by atoms with Gasteiger partial charge in [0.15, 0.2) is 0 Å². The maximum atomic E-state index is 5.88. The van der Waals surface area contributed by atoms with Crippen molar-refractivity contribution < 1.29 is 9.47 Å². The summed E-state index contributed by atoms with van der Waals surface area (Å²) in [5.74, 6) is 0. The minimum atomic E-state index is -0.514. The Morgan fingerprint density at radius 1 is 0.638 bits per heavy atom. The molecule has 4 nitrogen and oxygen atoms in total. The Balaban J connectivity index is 1.51. The van der Waals surface area contributed by atoms with Crippen LogP contribution in [-0.2, 0) is 21.3 Å². The van der Waals surface area contributed by atoms with Crippen LogP contribution in [0.3, 0.4) is 0 Å². The van der Waals surface area contributed by atoms with E-state index in [0.29, 0.717) is 0 Å². The third-order valence-electron chi connectivity index (χ3n) is 11.3. The molecular weight excluding hydrogens is 576 g/mol. The van der Waals surface area contributed by atoms with Crippen molar-refractivity contribution in [2.75, 3.05) is 62.4 Å². The maximum Gasteiger partial charge on any atom is 0.0713 e. The van der Waals surface area contributed by atoms with Gasteiger partial charge in [-0.1, -0.05) is 72.8 Å². The van der Waals surface area contributed by atoms with Crippen LogP contribution in [0, 0.1) is 27.7 Å². The second-order valence-electron chi connectivity index (χ2n) is 13.8. The Morgan fingerprint density at radius 2 is 1.19 bits per heavy atom. The molecule has 47 heavy (non-hydrogen) atoms. The highest BCUT2D eigenvalue weighted by Gasteiger charge is 2.48. The van der Waals surface area contributed by atoms with E-state index < -0.39 is 5.41 Å². The molecule has 0 radical (unpaired) electrons. The summed E-state index contributed by atoms with van der Waals surface area (Å²) in [6, 6.07) is 25.9. The van der Waals surface area contributed by atoms with Gasteiger partial charge >= 0.3 is 0 Å². The van der Waals surface area contributed by atoms with Gasteiger partial charge in [0.25, 0.3) is 0 Å². The van der Waals surface area contributed by atoms with E-state index in [4.69, 9.17) is 9.47 Å². The molecule has 240 valence electrons. The first-order valence-corrected chi connectivity index (χ1v) is 17.4. The summed E-state index contributed by atoms with van der Waals surface area (Å²) in [7, 11) is 0. The number of fused-ring (bicyclic) bond motifs is 3. The zero-order chi connectivity index (χ0) is 32.1. The van der Waals surface area contributed by atoms with Gasteiger partial charge in [0.1, 0.15) is 0 Å². The molecule has 4 heteroatoms. The van der Waals surface area contributed by atoms with Crippen LogP contribution >= 0.6 is 0 Å². The first kappa shape index (κ1) is 30.2. The number of morpholine rings is 2.